The van der Waals surface area contributed by atoms with Crippen molar-refractivity contribution in [3.8, 4) is 0 Å². The van der Waals surface area contributed by atoms with Gasteiger partial charge in [-0.15, -0.1) is 0 Å². The summed E-state index contributed by atoms with van der Waals surface area (Å²) in [4.78, 5) is 37.0. The summed E-state index contributed by atoms with van der Waals surface area (Å²) in [7, 11) is 0. The van der Waals surface area contributed by atoms with E-state index in [9.17, 15) is 14.4 Å². The lowest BCUT2D eigenvalue weighted by Gasteiger charge is -2.36. The number of rotatable bonds is 5. The fourth-order valence-corrected chi connectivity index (χ4v) is 2.69. The summed E-state index contributed by atoms with van der Waals surface area (Å²) in [6.45, 7) is 8.24. The lowest BCUT2D eigenvalue weighted by Crippen LogP contribution is -2.58. The Kier molecular flexibility index (Phi) is 6.62. The topological polar surface area (TPSA) is 84.9 Å². The molecule has 1 atom stereocenters. The molecule has 0 radical (unpaired) electrons. The number of hydrogen-bond donors (Lipinski definition) is 1. The monoisotopic (exact) mass is 386 g/mol. The van der Waals surface area contributed by atoms with Crippen LogP contribution in [0.1, 0.15) is 40.2 Å². The minimum Gasteiger partial charge on any atom is -0.446 e. The minimum atomic E-state index is -1.51. The minimum absolute atomic E-state index is 0.397. The molecule has 2 aromatic carbocycles. The summed E-state index contributed by atoms with van der Waals surface area (Å²) in [6.07, 6.45) is -1.96. The third-order valence-corrected chi connectivity index (χ3v) is 4.09. The Morgan fingerprint density at radius 1 is 1.00 bits per heavy atom. The Hall–Kier alpha value is -3.09. The molecule has 0 aliphatic rings. The molecule has 0 unspecified atom stereocenters. The Labute approximate surface area is 164 Å². The molecular weight excluding hydrogens is 360 g/mol. The summed E-state index contributed by atoms with van der Waals surface area (Å²) in [6, 6.07) is 13.0. The van der Waals surface area contributed by atoms with Gasteiger partial charge in [0.25, 0.3) is 0 Å². The van der Waals surface area contributed by atoms with E-state index in [0.717, 1.165) is 15.8 Å². The maximum atomic E-state index is 12.7. The second-order valence-corrected chi connectivity index (χ2v) is 7.16. The zero-order chi connectivity index (χ0) is 20.9. The van der Waals surface area contributed by atoms with Crippen LogP contribution >= 0.6 is 0 Å². The lowest BCUT2D eigenvalue weighted by atomic mass is 9.91. The van der Waals surface area contributed by atoms with E-state index >= 15 is 0 Å². The third kappa shape index (κ3) is 4.79. The molecule has 1 N–H and O–H groups in total. The van der Waals surface area contributed by atoms with Crippen molar-refractivity contribution in [3.05, 3.63) is 48.0 Å². The van der Waals surface area contributed by atoms with Gasteiger partial charge in [0.2, 0.25) is 0 Å². The third-order valence-electron chi connectivity index (χ3n) is 4.09. The highest BCUT2D eigenvalue weighted by molar-refractivity contribution is 5.86. The molecule has 2 aromatic rings. The van der Waals surface area contributed by atoms with Crippen LogP contribution in [0.15, 0.2) is 42.5 Å². The summed E-state index contributed by atoms with van der Waals surface area (Å²) < 4.78 is 10.3. The number of carbonyl (C=O) groups is 3. The van der Waals surface area contributed by atoms with E-state index < -0.39 is 29.9 Å². The molecule has 7 heteroatoms. The van der Waals surface area contributed by atoms with E-state index in [0.29, 0.717) is 11.8 Å². The molecule has 150 valence electrons. The lowest BCUT2D eigenvalue weighted by molar-refractivity contribution is -0.119. The summed E-state index contributed by atoms with van der Waals surface area (Å²) >= 11 is 0. The average molecular weight is 386 g/mol. The van der Waals surface area contributed by atoms with Crippen LogP contribution in [0.3, 0.4) is 0 Å². The van der Waals surface area contributed by atoms with Crippen LogP contribution in [0.4, 0.5) is 9.59 Å². The standard InChI is InChI=1S/C21H26N2O5/c1-14(2)27-19(25)22-23(20(26)28-15(3)4)21(5,13-24)18-11-10-16-8-6-7-9-17(16)12-18/h6-15H,1-5H3,(H,22,25)/t21-/m0/s1. The molecule has 0 aliphatic carbocycles. The zero-order valence-corrected chi connectivity index (χ0v) is 16.8. The highest BCUT2D eigenvalue weighted by Crippen LogP contribution is 2.29. The number of ether oxygens (including phenoxy) is 2. The maximum absolute atomic E-state index is 12.7. The number of hydrogen-bond acceptors (Lipinski definition) is 5. The first-order chi connectivity index (χ1) is 13.2. The van der Waals surface area contributed by atoms with Gasteiger partial charge in [0.1, 0.15) is 5.54 Å². The number of fused-ring (bicyclic) bond motifs is 1. The van der Waals surface area contributed by atoms with Gasteiger partial charge in [0.05, 0.1) is 12.2 Å². The summed E-state index contributed by atoms with van der Waals surface area (Å²) in [5.41, 5.74) is 1.37. The predicted octanol–water partition coefficient (Wildman–Crippen LogP) is 4.15. The number of nitrogens with one attached hydrogen (secondary N) is 1. The number of carbonyl (C=O) groups excluding carboxylic acids is 3. The van der Waals surface area contributed by atoms with Gasteiger partial charge < -0.3 is 14.3 Å². The molecule has 0 aromatic heterocycles. The van der Waals surface area contributed by atoms with Crippen LogP contribution in [-0.2, 0) is 19.8 Å². The fraction of sp³-hybridized carbons (Fsp3) is 0.381. The number of nitrogens with zero attached hydrogens (tertiary/aromatic N) is 1. The van der Waals surface area contributed by atoms with Crippen LogP contribution in [0.25, 0.3) is 10.8 Å². The Morgan fingerprint density at radius 2 is 1.61 bits per heavy atom. The normalized spacial score (nSPS) is 13.1. The molecule has 0 bridgehead atoms. The number of benzene rings is 2. The van der Waals surface area contributed by atoms with Gasteiger partial charge in [0, 0.05) is 0 Å². The molecule has 2 amide bonds. The average Bonchev–Trinajstić information content (AvgIpc) is 2.64. The van der Waals surface area contributed by atoms with Gasteiger partial charge >= 0.3 is 12.2 Å². The summed E-state index contributed by atoms with van der Waals surface area (Å²) in [5, 5.41) is 2.76. The second kappa shape index (κ2) is 8.73. The predicted molar refractivity (Wildman–Crippen MR) is 106 cm³/mol. The Balaban J connectivity index is 2.48. The molecule has 0 saturated heterocycles. The molecule has 0 fully saturated rings. The van der Waals surface area contributed by atoms with E-state index in [2.05, 4.69) is 5.43 Å². The second-order valence-electron chi connectivity index (χ2n) is 7.16. The maximum Gasteiger partial charge on any atom is 0.430 e. The van der Waals surface area contributed by atoms with Crippen LogP contribution in [0.5, 0.6) is 0 Å². The van der Waals surface area contributed by atoms with E-state index in [4.69, 9.17) is 9.47 Å². The van der Waals surface area contributed by atoms with Gasteiger partial charge in [-0.1, -0.05) is 36.4 Å². The molecule has 0 aliphatic heterocycles. The molecule has 0 heterocycles. The van der Waals surface area contributed by atoms with Crippen molar-refractivity contribution in [1.29, 1.82) is 0 Å². The van der Waals surface area contributed by atoms with E-state index in [1.165, 1.54) is 6.92 Å². The van der Waals surface area contributed by atoms with E-state index in [-0.39, 0.29) is 0 Å². The van der Waals surface area contributed by atoms with Crippen molar-refractivity contribution in [2.75, 3.05) is 0 Å². The van der Waals surface area contributed by atoms with E-state index in [1.54, 1.807) is 39.8 Å². The first-order valence-corrected chi connectivity index (χ1v) is 9.11. The Bertz CT molecular complexity index is 865. The van der Waals surface area contributed by atoms with Gasteiger partial charge in [-0.25, -0.2) is 15.0 Å². The van der Waals surface area contributed by atoms with E-state index in [1.807, 2.05) is 30.3 Å². The molecule has 0 spiro atoms. The first-order valence-electron chi connectivity index (χ1n) is 9.11. The SMILES string of the molecule is CC(C)OC(=O)NN(C(=O)OC(C)C)[C@@](C)(C=O)c1ccc2ccccc2c1. The Morgan fingerprint density at radius 3 is 2.18 bits per heavy atom. The van der Waals surface area contributed by atoms with Crippen molar-refractivity contribution < 1.29 is 23.9 Å². The van der Waals surface area contributed by atoms with Crippen molar-refractivity contribution in [2.45, 2.75) is 52.4 Å². The van der Waals surface area contributed by atoms with Crippen molar-refractivity contribution in [2.24, 2.45) is 0 Å². The molecule has 2 rings (SSSR count). The quantitative estimate of drug-likeness (QED) is 0.616. The largest absolute Gasteiger partial charge is 0.446 e. The van der Waals surface area contributed by atoms with Crippen LogP contribution in [0, 0.1) is 0 Å². The smallest absolute Gasteiger partial charge is 0.430 e. The van der Waals surface area contributed by atoms with Crippen molar-refractivity contribution in [3.63, 3.8) is 0 Å². The highest BCUT2D eigenvalue weighted by Gasteiger charge is 2.40. The first kappa shape index (κ1) is 21.2. The van der Waals surface area contributed by atoms with Gasteiger partial charge in [-0.2, -0.15) is 5.01 Å². The van der Waals surface area contributed by atoms with Crippen LogP contribution < -0.4 is 5.43 Å². The molecule has 0 saturated carbocycles. The molecular formula is C21H26N2O5. The van der Waals surface area contributed by atoms with Gasteiger partial charge in [-0.05, 0) is 57.0 Å². The van der Waals surface area contributed by atoms with Gasteiger partial charge in [0.15, 0.2) is 6.29 Å². The van der Waals surface area contributed by atoms with Gasteiger partial charge in [-0.3, -0.25) is 0 Å². The van der Waals surface area contributed by atoms with Crippen LogP contribution in [0.2, 0.25) is 0 Å². The molecule has 7 nitrogen and oxygen atoms in total. The number of hydrazine groups is 1. The highest BCUT2D eigenvalue weighted by atomic mass is 16.6. The molecule has 28 heavy (non-hydrogen) atoms. The number of aldehydes is 1. The zero-order valence-electron chi connectivity index (χ0n) is 16.8. The summed E-state index contributed by atoms with van der Waals surface area (Å²) in [5.74, 6) is 0. The number of amides is 2. The van der Waals surface area contributed by atoms with Crippen molar-refractivity contribution >= 4 is 29.2 Å². The fourth-order valence-electron chi connectivity index (χ4n) is 2.69. The van der Waals surface area contributed by atoms with Crippen molar-refractivity contribution in [1.82, 2.24) is 10.4 Å². The van der Waals surface area contributed by atoms with Crippen LogP contribution in [-0.4, -0.2) is 35.7 Å².